The molecule has 0 spiro atoms. The number of aldehydes is 1. The van der Waals surface area contributed by atoms with Crippen molar-refractivity contribution in [3.05, 3.63) is 69.5 Å². The van der Waals surface area contributed by atoms with E-state index in [0.29, 0.717) is 17.6 Å². The Labute approximate surface area is 184 Å². The number of carbonyl (C=O) groups excluding carboxylic acids is 2. The Kier molecular flexibility index (Phi) is 7.41. The number of benzene rings is 2. The molecule has 1 amide bonds. The van der Waals surface area contributed by atoms with Crippen LogP contribution in [0, 0.1) is 0 Å². The first-order valence-electron chi connectivity index (χ1n) is 9.27. The SMILES string of the molecule is O=Cc1cc(Br)ccc1OCC(=O)N1CCN(S(=O)(=O)/C=C/c2ccccc2)CC1. The molecule has 0 unspecified atom stereocenters. The van der Waals surface area contributed by atoms with Crippen molar-refractivity contribution in [1.82, 2.24) is 9.21 Å². The van der Waals surface area contributed by atoms with Gasteiger partial charge in [-0.2, -0.15) is 4.31 Å². The lowest BCUT2D eigenvalue weighted by atomic mass is 10.2. The molecule has 0 saturated carbocycles. The second-order valence-corrected chi connectivity index (χ2v) is 9.36. The number of rotatable bonds is 7. The Hall–Kier alpha value is -2.49. The van der Waals surface area contributed by atoms with E-state index in [9.17, 15) is 18.0 Å². The molecule has 3 rings (SSSR count). The fraction of sp³-hybridized carbons (Fsp3) is 0.238. The van der Waals surface area contributed by atoms with E-state index >= 15 is 0 Å². The zero-order chi connectivity index (χ0) is 21.6. The molecule has 0 aromatic heterocycles. The summed E-state index contributed by atoms with van der Waals surface area (Å²) in [5, 5.41) is 1.19. The van der Waals surface area contributed by atoms with E-state index in [1.54, 1.807) is 29.2 Å². The molecule has 1 aliphatic rings. The summed E-state index contributed by atoms with van der Waals surface area (Å²) in [7, 11) is -3.56. The van der Waals surface area contributed by atoms with Crippen molar-refractivity contribution in [3.63, 3.8) is 0 Å². The van der Waals surface area contributed by atoms with E-state index in [2.05, 4.69) is 15.9 Å². The van der Waals surface area contributed by atoms with Crippen LogP contribution in [0.15, 0.2) is 58.4 Å². The van der Waals surface area contributed by atoms with E-state index in [0.717, 1.165) is 10.0 Å². The monoisotopic (exact) mass is 492 g/mol. The topological polar surface area (TPSA) is 84.0 Å². The van der Waals surface area contributed by atoms with E-state index in [1.807, 2.05) is 30.3 Å². The van der Waals surface area contributed by atoms with Gasteiger partial charge < -0.3 is 9.64 Å². The number of halogens is 1. The van der Waals surface area contributed by atoms with Crippen molar-refractivity contribution in [2.75, 3.05) is 32.8 Å². The van der Waals surface area contributed by atoms with E-state index in [4.69, 9.17) is 4.74 Å². The average Bonchev–Trinajstić information content (AvgIpc) is 2.77. The van der Waals surface area contributed by atoms with Gasteiger partial charge in [0.05, 0.1) is 5.56 Å². The zero-order valence-electron chi connectivity index (χ0n) is 16.1. The van der Waals surface area contributed by atoms with Crippen LogP contribution in [0.1, 0.15) is 15.9 Å². The van der Waals surface area contributed by atoms with Crippen LogP contribution in [-0.4, -0.2) is 62.6 Å². The van der Waals surface area contributed by atoms with Gasteiger partial charge in [-0.05, 0) is 29.8 Å². The highest BCUT2D eigenvalue weighted by Crippen LogP contribution is 2.22. The minimum absolute atomic E-state index is 0.213. The number of sulfonamides is 1. The molecule has 0 radical (unpaired) electrons. The Morgan fingerprint density at radius 3 is 2.43 bits per heavy atom. The molecule has 9 heteroatoms. The minimum atomic E-state index is -3.56. The molecule has 30 heavy (non-hydrogen) atoms. The summed E-state index contributed by atoms with van der Waals surface area (Å²) in [5.74, 6) is 0.0699. The first kappa shape index (κ1) is 22.2. The Morgan fingerprint density at radius 2 is 1.77 bits per heavy atom. The fourth-order valence-electron chi connectivity index (χ4n) is 2.98. The van der Waals surface area contributed by atoms with Crippen LogP contribution < -0.4 is 4.74 Å². The summed E-state index contributed by atoms with van der Waals surface area (Å²) in [5.41, 5.74) is 1.15. The van der Waals surface area contributed by atoms with Crippen LogP contribution in [0.2, 0.25) is 0 Å². The summed E-state index contributed by atoms with van der Waals surface area (Å²) < 4.78 is 32.6. The third-order valence-corrected chi connectivity index (χ3v) is 6.69. The third-order valence-electron chi connectivity index (χ3n) is 4.63. The number of nitrogens with zero attached hydrogens (tertiary/aromatic N) is 2. The number of piperazine rings is 1. The standard InChI is InChI=1S/C21H21BrN2O5S/c22-19-6-7-20(18(14-19)15-25)29-16-21(26)23-9-11-24(12-10-23)30(27,28)13-8-17-4-2-1-3-5-17/h1-8,13-15H,9-12,16H2/b13-8+. The second-order valence-electron chi connectivity index (χ2n) is 6.63. The van der Waals surface area contributed by atoms with Gasteiger partial charge in [0.2, 0.25) is 10.0 Å². The van der Waals surface area contributed by atoms with Crippen LogP contribution in [-0.2, 0) is 14.8 Å². The summed E-state index contributed by atoms with van der Waals surface area (Å²) in [6, 6.07) is 14.1. The fourth-order valence-corrected chi connectivity index (χ4v) is 4.53. The number of ether oxygens (including phenoxy) is 1. The van der Waals surface area contributed by atoms with Crippen molar-refractivity contribution < 1.29 is 22.7 Å². The maximum absolute atomic E-state index is 12.5. The molecule has 0 N–H and O–H groups in total. The van der Waals surface area contributed by atoms with Crippen molar-refractivity contribution in [2.24, 2.45) is 0 Å². The molecule has 1 saturated heterocycles. The number of hydrogen-bond donors (Lipinski definition) is 0. The molecule has 2 aromatic rings. The molecule has 1 aliphatic heterocycles. The molecule has 1 heterocycles. The second kappa shape index (κ2) is 10.0. The largest absolute Gasteiger partial charge is 0.483 e. The summed E-state index contributed by atoms with van der Waals surface area (Å²) in [6.07, 6.45) is 2.22. The molecule has 2 aromatic carbocycles. The van der Waals surface area contributed by atoms with Crippen molar-refractivity contribution in [1.29, 1.82) is 0 Å². The average molecular weight is 493 g/mol. The highest BCUT2D eigenvalue weighted by atomic mass is 79.9. The summed E-state index contributed by atoms with van der Waals surface area (Å²) >= 11 is 3.28. The van der Waals surface area contributed by atoms with Gasteiger partial charge in [0.25, 0.3) is 5.91 Å². The van der Waals surface area contributed by atoms with Gasteiger partial charge in [-0.3, -0.25) is 9.59 Å². The molecule has 0 aliphatic carbocycles. The number of carbonyl (C=O) groups is 2. The van der Waals surface area contributed by atoms with Crippen LogP contribution in [0.25, 0.3) is 6.08 Å². The smallest absolute Gasteiger partial charge is 0.260 e. The highest BCUT2D eigenvalue weighted by molar-refractivity contribution is 9.10. The quantitative estimate of drug-likeness (QED) is 0.554. The van der Waals surface area contributed by atoms with Crippen LogP contribution in [0.3, 0.4) is 0 Å². The lowest BCUT2D eigenvalue weighted by Gasteiger charge is -2.33. The maximum Gasteiger partial charge on any atom is 0.260 e. The van der Waals surface area contributed by atoms with Gasteiger partial charge in [0.1, 0.15) is 5.75 Å². The van der Waals surface area contributed by atoms with Crippen LogP contribution in [0.5, 0.6) is 5.75 Å². The van der Waals surface area contributed by atoms with E-state index in [-0.39, 0.29) is 38.7 Å². The molecule has 158 valence electrons. The Balaban J connectivity index is 1.53. The molecule has 1 fully saturated rings. The molecule has 7 nitrogen and oxygen atoms in total. The van der Waals surface area contributed by atoms with Gasteiger partial charge in [-0.15, -0.1) is 0 Å². The maximum atomic E-state index is 12.5. The van der Waals surface area contributed by atoms with Gasteiger partial charge in [-0.1, -0.05) is 46.3 Å². The Bertz CT molecular complexity index is 1030. The van der Waals surface area contributed by atoms with Crippen molar-refractivity contribution in [2.45, 2.75) is 0 Å². The van der Waals surface area contributed by atoms with Gasteiger partial charge >= 0.3 is 0 Å². The predicted molar refractivity (Wildman–Crippen MR) is 118 cm³/mol. The van der Waals surface area contributed by atoms with Crippen molar-refractivity contribution in [3.8, 4) is 5.75 Å². The predicted octanol–water partition coefficient (Wildman–Crippen LogP) is 2.79. The van der Waals surface area contributed by atoms with Gasteiger partial charge in [0, 0.05) is 36.1 Å². The lowest BCUT2D eigenvalue weighted by molar-refractivity contribution is -0.134. The molecule has 0 bridgehead atoms. The molecular formula is C21H21BrN2O5S. The van der Waals surface area contributed by atoms with Crippen LogP contribution in [0.4, 0.5) is 0 Å². The zero-order valence-corrected chi connectivity index (χ0v) is 18.5. The summed E-state index contributed by atoms with van der Waals surface area (Å²) in [4.78, 5) is 25.1. The minimum Gasteiger partial charge on any atom is -0.483 e. The van der Waals surface area contributed by atoms with E-state index in [1.165, 1.54) is 9.71 Å². The molecular weight excluding hydrogens is 472 g/mol. The third kappa shape index (κ3) is 5.78. The number of hydrogen-bond acceptors (Lipinski definition) is 5. The Morgan fingerprint density at radius 1 is 1.07 bits per heavy atom. The first-order chi connectivity index (χ1) is 14.4. The first-order valence-corrected chi connectivity index (χ1v) is 11.6. The number of amides is 1. The van der Waals surface area contributed by atoms with Gasteiger partial charge in [0.15, 0.2) is 12.9 Å². The molecule has 0 atom stereocenters. The van der Waals surface area contributed by atoms with Crippen LogP contribution >= 0.6 is 15.9 Å². The highest BCUT2D eigenvalue weighted by Gasteiger charge is 2.27. The van der Waals surface area contributed by atoms with Crippen molar-refractivity contribution >= 4 is 44.2 Å². The summed E-state index contributed by atoms with van der Waals surface area (Å²) in [6.45, 7) is 0.766. The lowest BCUT2D eigenvalue weighted by Crippen LogP contribution is -2.51. The van der Waals surface area contributed by atoms with Gasteiger partial charge in [-0.25, -0.2) is 8.42 Å². The van der Waals surface area contributed by atoms with E-state index < -0.39 is 10.0 Å². The normalized spacial score (nSPS) is 15.3.